The topological polar surface area (TPSA) is 67.2 Å². The van der Waals surface area contributed by atoms with Crippen molar-refractivity contribution in [2.45, 2.75) is 32.2 Å². The molecule has 0 saturated carbocycles. The molecule has 0 bridgehead atoms. The smallest absolute Gasteiger partial charge is 0.237 e. The fraction of sp³-hybridized carbons (Fsp3) is 0.900. The number of carbonyl (C=O) groups excluding carboxylic acids is 1. The van der Waals surface area contributed by atoms with Crippen LogP contribution in [0.4, 0.5) is 0 Å². The van der Waals surface area contributed by atoms with Gasteiger partial charge in [0.05, 0.1) is 6.04 Å². The van der Waals surface area contributed by atoms with Gasteiger partial charge in [0, 0.05) is 6.54 Å². The molecule has 1 heterocycles. The van der Waals surface area contributed by atoms with Gasteiger partial charge < -0.3 is 16.4 Å². The standard InChI is InChI=1S/C10H21N3O/c1-8-4-2-6-12-9(8)10(14)13-7-3-5-11/h8-9,12H,2-7,11H2,1H3,(H,13,14). The van der Waals surface area contributed by atoms with Crippen molar-refractivity contribution in [1.29, 1.82) is 0 Å². The summed E-state index contributed by atoms with van der Waals surface area (Å²) in [4.78, 5) is 11.7. The highest BCUT2D eigenvalue weighted by Gasteiger charge is 2.26. The zero-order valence-corrected chi connectivity index (χ0v) is 8.88. The molecule has 1 rings (SSSR count). The quantitative estimate of drug-likeness (QED) is 0.551. The average molecular weight is 199 g/mol. The number of nitrogens with two attached hydrogens (primary N) is 1. The lowest BCUT2D eigenvalue weighted by molar-refractivity contribution is -0.124. The van der Waals surface area contributed by atoms with E-state index in [1.54, 1.807) is 0 Å². The number of hydrogen-bond acceptors (Lipinski definition) is 3. The van der Waals surface area contributed by atoms with Crippen LogP contribution >= 0.6 is 0 Å². The Morgan fingerprint density at radius 3 is 3.07 bits per heavy atom. The van der Waals surface area contributed by atoms with E-state index >= 15 is 0 Å². The van der Waals surface area contributed by atoms with Crippen LogP contribution in [-0.4, -0.2) is 31.6 Å². The molecule has 14 heavy (non-hydrogen) atoms. The molecule has 2 atom stereocenters. The number of piperidine rings is 1. The molecule has 0 aromatic carbocycles. The third kappa shape index (κ3) is 3.27. The normalized spacial score (nSPS) is 27.3. The predicted octanol–water partition coefficient (Wildman–Crippen LogP) is -0.160. The predicted molar refractivity (Wildman–Crippen MR) is 56.9 cm³/mol. The van der Waals surface area contributed by atoms with Crippen molar-refractivity contribution in [1.82, 2.24) is 10.6 Å². The summed E-state index contributed by atoms with van der Waals surface area (Å²) in [5.41, 5.74) is 5.35. The van der Waals surface area contributed by atoms with Crippen LogP contribution in [0, 0.1) is 5.92 Å². The minimum atomic E-state index is 0.00141. The molecule has 0 radical (unpaired) electrons. The Bertz CT molecular complexity index is 184. The van der Waals surface area contributed by atoms with E-state index < -0.39 is 0 Å². The molecule has 1 saturated heterocycles. The first-order valence-electron chi connectivity index (χ1n) is 5.47. The van der Waals surface area contributed by atoms with E-state index in [2.05, 4.69) is 17.6 Å². The number of nitrogens with one attached hydrogen (secondary N) is 2. The fourth-order valence-corrected chi connectivity index (χ4v) is 1.82. The Kier molecular flexibility index (Phi) is 4.90. The lowest BCUT2D eigenvalue weighted by atomic mass is 9.92. The van der Waals surface area contributed by atoms with Gasteiger partial charge in [-0.3, -0.25) is 4.79 Å². The van der Waals surface area contributed by atoms with E-state index in [0.29, 0.717) is 19.0 Å². The minimum absolute atomic E-state index is 0.00141. The first-order chi connectivity index (χ1) is 6.75. The number of carbonyl (C=O) groups is 1. The lowest BCUT2D eigenvalue weighted by Crippen LogP contribution is -2.51. The highest BCUT2D eigenvalue weighted by molar-refractivity contribution is 5.82. The molecule has 0 aromatic rings. The minimum Gasteiger partial charge on any atom is -0.355 e. The molecule has 82 valence electrons. The molecule has 1 aliphatic heterocycles. The van der Waals surface area contributed by atoms with Gasteiger partial charge >= 0.3 is 0 Å². The van der Waals surface area contributed by atoms with Crippen LogP contribution in [0.5, 0.6) is 0 Å². The Morgan fingerprint density at radius 1 is 1.64 bits per heavy atom. The molecule has 1 amide bonds. The van der Waals surface area contributed by atoms with Crippen LogP contribution in [0.15, 0.2) is 0 Å². The molecule has 4 N–H and O–H groups in total. The van der Waals surface area contributed by atoms with Gasteiger partial charge in [-0.2, -0.15) is 0 Å². The van der Waals surface area contributed by atoms with E-state index in [-0.39, 0.29) is 11.9 Å². The maximum Gasteiger partial charge on any atom is 0.237 e. The second-order valence-corrected chi connectivity index (χ2v) is 3.98. The summed E-state index contributed by atoms with van der Waals surface area (Å²) in [6.45, 7) is 4.41. The summed E-state index contributed by atoms with van der Waals surface area (Å²) in [6.07, 6.45) is 3.17. The number of amides is 1. The highest BCUT2D eigenvalue weighted by Crippen LogP contribution is 2.15. The van der Waals surface area contributed by atoms with Crippen molar-refractivity contribution in [3.05, 3.63) is 0 Å². The van der Waals surface area contributed by atoms with Gasteiger partial charge in [0.1, 0.15) is 0 Å². The molecule has 1 fully saturated rings. The van der Waals surface area contributed by atoms with Crippen LogP contribution in [0.25, 0.3) is 0 Å². The molecular formula is C10H21N3O. The molecule has 1 aliphatic rings. The zero-order chi connectivity index (χ0) is 10.4. The Hall–Kier alpha value is -0.610. The Labute approximate surface area is 85.6 Å². The molecule has 0 aliphatic carbocycles. The van der Waals surface area contributed by atoms with Gasteiger partial charge in [-0.15, -0.1) is 0 Å². The molecule has 4 heteroatoms. The van der Waals surface area contributed by atoms with Crippen molar-refractivity contribution in [2.24, 2.45) is 11.7 Å². The van der Waals surface area contributed by atoms with Gasteiger partial charge in [0.15, 0.2) is 0 Å². The zero-order valence-electron chi connectivity index (χ0n) is 8.88. The molecule has 0 spiro atoms. The fourth-order valence-electron chi connectivity index (χ4n) is 1.82. The maximum atomic E-state index is 11.7. The average Bonchev–Trinajstić information content (AvgIpc) is 2.18. The second-order valence-electron chi connectivity index (χ2n) is 3.98. The number of hydrogen-bond donors (Lipinski definition) is 3. The van der Waals surface area contributed by atoms with Gasteiger partial charge in [-0.05, 0) is 38.3 Å². The van der Waals surface area contributed by atoms with Crippen molar-refractivity contribution in [2.75, 3.05) is 19.6 Å². The van der Waals surface area contributed by atoms with E-state index in [9.17, 15) is 4.79 Å². The van der Waals surface area contributed by atoms with Gasteiger partial charge in [-0.1, -0.05) is 6.92 Å². The summed E-state index contributed by atoms with van der Waals surface area (Å²) in [5.74, 6) is 0.576. The summed E-state index contributed by atoms with van der Waals surface area (Å²) in [6, 6.07) is 0.00141. The van der Waals surface area contributed by atoms with Crippen molar-refractivity contribution in [3.63, 3.8) is 0 Å². The van der Waals surface area contributed by atoms with Crippen molar-refractivity contribution in [3.8, 4) is 0 Å². The molecule has 4 nitrogen and oxygen atoms in total. The summed E-state index contributed by atoms with van der Waals surface area (Å²) < 4.78 is 0. The first-order valence-corrected chi connectivity index (χ1v) is 5.47. The lowest BCUT2D eigenvalue weighted by Gasteiger charge is -2.28. The van der Waals surface area contributed by atoms with E-state index in [1.807, 2.05) is 0 Å². The molecular weight excluding hydrogens is 178 g/mol. The van der Waals surface area contributed by atoms with Crippen LogP contribution in [0.1, 0.15) is 26.2 Å². The Balaban J connectivity index is 2.27. The van der Waals surface area contributed by atoms with E-state index in [1.165, 1.54) is 6.42 Å². The third-order valence-corrected chi connectivity index (χ3v) is 2.73. The summed E-state index contributed by atoms with van der Waals surface area (Å²) in [5, 5.41) is 6.15. The van der Waals surface area contributed by atoms with E-state index in [0.717, 1.165) is 19.4 Å². The van der Waals surface area contributed by atoms with Crippen molar-refractivity contribution >= 4 is 5.91 Å². The highest BCUT2D eigenvalue weighted by atomic mass is 16.2. The summed E-state index contributed by atoms with van der Waals surface area (Å²) >= 11 is 0. The first kappa shape index (κ1) is 11.5. The van der Waals surface area contributed by atoms with Crippen LogP contribution in [0.3, 0.4) is 0 Å². The monoisotopic (exact) mass is 199 g/mol. The Morgan fingerprint density at radius 2 is 2.43 bits per heavy atom. The second kappa shape index (κ2) is 5.98. The number of rotatable bonds is 4. The van der Waals surface area contributed by atoms with Gasteiger partial charge in [0.25, 0.3) is 0 Å². The largest absolute Gasteiger partial charge is 0.355 e. The van der Waals surface area contributed by atoms with Gasteiger partial charge in [-0.25, -0.2) is 0 Å². The summed E-state index contributed by atoms with van der Waals surface area (Å²) in [7, 11) is 0. The maximum absolute atomic E-state index is 11.7. The van der Waals surface area contributed by atoms with Crippen LogP contribution in [-0.2, 0) is 4.79 Å². The SMILES string of the molecule is CC1CCCNC1C(=O)NCCCN. The molecule has 2 unspecified atom stereocenters. The third-order valence-electron chi connectivity index (χ3n) is 2.73. The van der Waals surface area contributed by atoms with E-state index in [4.69, 9.17) is 5.73 Å². The van der Waals surface area contributed by atoms with Crippen LogP contribution < -0.4 is 16.4 Å². The van der Waals surface area contributed by atoms with Gasteiger partial charge in [0.2, 0.25) is 5.91 Å². The van der Waals surface area contributed by atoms with Crippen LogP contribution in [0.2, 0.25) is 0 Å². The molecule has 0 aromatic heterocycles. The van der Waals surface area contributed by atoms with Crippen molar-refractivity contribution < 1.29 is 4.79 Å².